The van der Waals surface area contributed by atoms with Crippen LogP contribution in [-0.4, -0.2) is 37.5 Å². The molecule has 1 aromatic carbocycles. The van der Waals surface area contributed by atoms with Gasteiger partial charge in [0.2, 0.25) is 11.7 Å². The predicted octanol–water partition coefficient (Wildman–Crippen LogP) is 3.06. The Morgan fingerprint density at radius 2 is 1.96 bits per heavy atom. The van der Waals surface area contributed by atoms with Crippen LogP contribution in [0, 0.1) is 6.92 Å². The fourth-order valence-corrected chi connectivity index (χ4v) is 2.54. The van der Waals surface area contributed by atoms with Crippen LogP contribution in [0.15, 0.2) is 41.2 Å². The Kier molecular flexibility index (Phi) is 5.36. The van der Waals surface area contributed by atoms with Crippen molar-refractivity contribution in [3.63, 3.8) is 0 Å². The highest BCUT2D eigenvalue weighted by atomic mass is 16.5. The lowest BCUT2D eigenvalue weighted by atomic mass is 10.1. The molecule has 0 aliphatic carbocycles. The molecular weight excluding hydrogens is 330 g/mol. The van der Waals surface area contributed by atoms with E-state index in [1.165, 1.54) is 0 Å². The summed E-state index contributed by atoms with van der Waals surface area (Å²) in [5.74, 6) is 1.46. The van der Waals surface area contributed by atoms with Crippen LogP contribution in [0.4, 0.5) is 0 Å². The van der Waals surface area contributed by atoms with E-state index in [1.54, 1.807) is 17.3 Å². The zero-order chi connectivity index (χ0) is 18.5. The van der Waals surface area contributed by atoms with Gasteiger partial charge in [0, 0.05) is 30.9 Å². The zero-order valence-corrected chi connectivity index (χ0v) is 15.1. The second-order valence-corrected chi connectivity index (χ2v) is 5.94. The van der Waals surface area contributed by atoms with Crippen molar-refractivity contribution in [2.24, 2.45) is 0 Å². The molecule has 0 unspecified atom stereocenters. The maximum atomic E-state index is 12.7. The monoisotopic (exact) mass is 351 g/mol. The third kappa shape index (κ3) is 3.93. The zero-order valence-electron chi connectivity index (χ0n) is 15.1. The quantitative estimate of drug-likeness (QED) is 0.678. The summed E-state index contributed by atoms with van der Waals surface area (Å²) in [6, 6.07) is 7.87. The number of carbonyl (C=O) groups is 1. The van der Waals surface area contributed by atoms with E-state index in [1.807, 2.05) is 45.0 Å². The van der Waals surface area contributed by atoms with Gasteiger partial charge in [-0.05, 0) is 19.9 Å². The summed E-state index contributed by atoms with van der Waals surface area (Å²) in [4.78, 5) is 27.1. The van der Waals surface area contributed by atoms with E-state index in [2.05, 4.69) is 20.1 Å². The molecule has 7 nitrogen and oxygen atoms in total. The molecule has 3 aromatic rings. The lowest BCUT2D eigenvalue weighted by Gasteiger charge is -2.18. The summed E-state index contributed by atoms with van der Waals surface area (Å²) in [7, 11) is 0. The largest absolute Gasteiger partial charge is 0.337 e. The first-order chi connectivity index (χ1) is 12.6. The summed E-state index contributed by atoms with van der Waals surface area (Å²) in [6.45, 7) is 6.63. The average molecular weight is 351 g/mol. The van der Waals surface area contributed by atoms with Crippen molar-refractivity contribution in [1.29, 1.82) is 0 Å². The van der Waals surface area contributed by atoms with Crippen molar-refractivity contribution < 1.29 is 9.32 Å². The van der Waals surface area contributed by atoms with Crippen molar-refractivity contribution in [2.75, 3.05) is 6.54 Å². The third-order valence-electron chi connectivity index (χ3n) is 4.01. The van der Waals surface area contributed by atoms with Crippen LogP contribution < -0.4 is 0 Å². The Labute approximate surface area is 152 Å². The number of rotatable bonds is 6. The smallest absolute Gasteiger partial charge is 0.257 e. The fraction of sp³-hybridized carbons (Fsp3) is 0.316. The lowest BCUT2D eigenvalue weighted by molar-refractivity contribution is 0.0733. The minimum absolute atomic E-state index is 0.162. The Morgan fingerprint density at radius 1 is 1.19 bits per heavy atom. The van der Waals surface area contributed by atoms with Crippen LogP contribution in [-0.2, 0) is 13.0 Å². The fourth-order valence-electron chi connectivity index (χ4n) is 2.54. The van der Waals surface area contributed by atoms with Gasteiger partial charge in [0.05, 0.1) is 5.56 Å². The number of carbonyl (C=O) groups excluding carboxylic acids is 1. The van der Waals surface area contributed by atoms with Crippen molar-refractivity contribution in [3.8, 4) is 11.4 Å². The highest BCUT2D eigenvalue weighted by molar-refractivity contribution is 5.93. The molecule has 2 aromatic heterocycles. The summed E-state index contributed by atoms with van der Waals surface area (Å²) < 4.78 is 5.33. The maximum absolute atomic E-state index is 12.7. The van der Waals surface area contributed by atoms with Crippen LogP contribution in [0.1, 0.15) is 41.5 Å². The van der Waals surface area contributed by atoms with Crippen molar-refractivity contribution >= 4 is 5.91 Å². The molecule has 0 radical (unpaired) electrons. The molecule has 2 heterocycles. The van der Waals surface area contributed by atoms with E-state index >= 15 is 0 Å². The van der Waals surface area contributed by atoms with Gasteiger partial charge in [-0.3, -0.25) is 4.79 Å². The van der Waals surface area contributed by atoms with Gasteiger partial charge in [-0.15, -0.1) is 0 Å². The molecule has 26 heavy (non-hydrogen) atoms. The molecule has 0 aliphatic rings. The number of hydrogen-bond donors (Lipinski definition) is 0. The Hall–Kier alpha value is -3.09. The summed E-state index contributed by atoms with van der Waals surface area (Å²) in [5, 5.41) is 4.02. The first-order valence-corrected chi connectivity index (χ1v) is 8.60. The number of aromatic nitrogens is 4. The molecule has 0 spiro atoms. The van der Waals surface area contributed by atoms with Gasteiger partial charge in [0.1, 0.15) is 12.4 Å². The first kappa shape index (κ1) is 17.7. The highest BCUT2D eigenvalue weighted by Crippen LogP contribution is 2.18. The molecule has 0 N–H and O–H groups in total. The topological polar surface area (TPSA) is 85.0 Å². The van der Waals surface area contributed by atoms with Crippen molar-refractivity contribution in [2.45, 2.75) is 33.7 Å². The number of hydrogen-bond acceptors (Lipinski definition) is 6. The third-order valence-corrected chi connectivity index (χ3v) is 4.01. The van der Waals surface area contributed by atoms with Gasteiger partial charge in [-0.25, -0.2) is 9.97 Å². The molecule has 0 bridgehead atoms. The Morgan fingerprint density at radius 3 is 2.62 bits per heavy atom. The number of aryl methyl sites for hydroxylation is 2. The standard InChI is InChI=1S/C19H21N5O2/c1-4-16-20-10-15(11-21-16)19(25)24(5-2)12-17-22-18(23-26-17)14-8-6-7-13(3)9-14/h6-11H,4-5,12H2,1-3H3. The molecule has 0 atom stereocenters. The van der Waals surface area contributed by atoms with Gasteiger partial charge in [0.15, 0.2) is 0 Å². The molecule has 0 aliphatic heterocycles. The van der Waals surface area contributed by atoms with Gasteiger partial charge in [-0.2, -0.15) is 4.98 Å². The molecule has 7 heteroatoms. The highest BCUT2D eigenvalue weighted by Gasteiger charge is 2.19. The SMILES string of the molecule is CCc1ncc(C(=O)N(CC)Cc2nc(-c3cccc(C)c3)no2)cn1. The summed E-state index contributed by atoms with van der Waals surface area (Å²) in [6.07, 6.45) is 3.85. The van der Waals surface area contributed by atoms with Crippen molar-refractivity contribution in [3.05, 3.63) is 59.5 Å². The maximum Gasteiger partial charge on any atom is 0.257 e. The van der Waals surface area contributed by atoms with E-state index in [0.717, 1.165) is 17.5 Å². The van der Waals surface area contributed by atoms with E-state index < -0.39 is 0 Å². The van der Waals surface area contributed by atoms with Crippen LogP contribution in [0.2, 0.25) is 0 Å². The van der Waals surface area contributed by atoms with Crippen LogP contribution in [0.5, 0.6) is 0 Å². The second-order valence-electron chi connectivity index (χ2n) is 5.94. The summed E-state index contributed by atoms with van der Waals surface area (Å²) in [5.41, 5.74) is 2.45. The Bertz CT molecular complexity index is 889. The van der Waals surface area contributed by atoms with E-state index in [4.69, 9.17) is 4.52 Å². The minimum atomic E-state index is -0.162. The number of benzene rings is 1. The molecule has 134 valence electrons. The molecular formula is C19H21N5O2. The average Bonchev–Trinajstić information content (AvgIpc) is 3.14. The normalized spacial score (nSPS) is 10.7. The molecule has 0 saturated heterocycles. The molecule has 1 amide bonds. The molecule has 0 fully saturated rings. The van der Waals surface area contributed by atoms with Crippen LogP contribution in [0.3, 0.4) is 0 Å². The summed E-state index contributed by atoms with van der Waals surface area (Å²) >= 11 is 0. The Balaban J connectivity index is 1.74. The minimum Gasteiger partial charge on any atom is -0.337 e. The number of nitrogens with zero attached hydrogens (tertiary/aromatic N) is 5. The van der Waals surface area contributed by atoms with Crippen molar-refractivity contribution in [1.82, 2.24) is 25.0 Å². The van der Waals surface area contributed by atoms with Gasteiger partial charge in [-0.1, -0.05) is 35.8 Å². The van der Waals surface area contributed by atoms with Gasteiger partial charge >= 0.3 is 0 Å². The van der Waals surface area contributed by atoms with Crippen LogP contribution in [0.25, 0.3) is 11.4 Å². The molecule has 0 saturated carbocycles. The van der Waals surface area contributed by atoms with Gasteiger partial charge < -0.3 is 9.42 Å². The van der Waals surface area contributed by atoms with Crippen LogP contribution >= 0.6 is 0 Å². The van der Waals surface area contributed by atoms with E-state index in [0.29, 0.717) is 29.6 Å². The van der Waals surface area contributed by atoms with E-state index in [9.17, 15) is 4.79 Å². The second kappa shape index (κ2) is 7.86. The lowest BCUT2D eigenvalue weighted by Crippen LogP contribution is -2.30. The van der Waals surface area contributed by atoms with E-state index in [-0.39, 0.29) is 12.5 Å². The molecule has 3 rings (SSSR count). The van der Waals surface area contributed by atoms with Gasteiger partial charge in [0.25, 0.3) is 5.91 Å². The first-order valence-electron chi connectivity index (χ1n) is 8.60. The number of amides is 1. The predicted molar refractivity (Wildman–Crippen MR) is 96.3 cm³/mol.